The van der Waals surface area contributed by atoms with Gasteiger partial charge in [0, 0.05) is 23.7 Å². The van der Waals surface area contributed by atoms with Gasteiger partial charge < -0.3 is 9.88 Å². The van der Waals surface area contributed by atoms with Gasteiger partial charge in [-0.25, -0.2) is 0 Å². The SMILES string of the molecule is CCCn1c(CC(=O)NC2CCCCCC2)csc1=NC1CCCCCC1.Cl. The molecule has 0 aliphatic heterocycles. The van der Waals surface area contributed by atoms with Crippen LogP contribution in [0.25, 0.3) is 0 Å². The van der Waals surface area contributed by atoms with Gasteiger partial charge in [0.05, 0.1) is 12.5 Å². The minimum Gasteiger partial charge on any atom is -0.353 e. The van der Waals surface area contributed by atoms with E-state index in [9.17, 15) is 4.79 Å². The molecule has 1 aromatic rings. The van der Waals surface area contributed by atoms with Crippen LogP contribution in [0.2, 0.25) is 0 Å². The Morgan fingerprint density at radius 1 is 1.07 bits per heavy atom. The third-order valence-corrected chi connectivity index (χ3v) is 6.93. The highest BCUT2D eigenvalue weighted by molar-refractivity contribution is 7.07. The second-order valence-electron chi connectivity index (χ2n) is 8.37. The number of nitrogens with zero attached hydrogens (tertiary/aromatic N) is 2. The van der Waals surface area contributed by atoms with Gasteiger partial charge in [0.2, 0.25) is 5.91 Å². The van der Waals surface area contributed by atoms with E-state index in [1.807, 2.05) is 0 Å². The summed E-state index contributed by atoms with van der Waals surface area (Å²) in [4.78, 5) is 18.9. The Kier molecular flexibility index (Phi) is 10.6. The quantitative estimate of drug-likeness (QED) is 0.608. The van der Waals surface area contributed by atoms with Gasteiger partial charge >= 0.3 is 0 Å². The molecule has 160 valence electrons. The van der Waals surface area contributed by atoms with E-state index in [2.05, 4.69) is 22.2 Å². The van der Waals surface area contributed by atoms with Crippen molar-refractivity contribution in [2.45, 2.75) is 115 Å². The average Bonchev–Trinajstić information content (AvgIpc) is 2.89. The van der Waals surface area contributed by atoms with Gasteiger partial charge in [-0.1, -0.05) is 58.3 Å². The van der Waals surface area contributed by atoms with Gasteiger partial charge in [-0.05, 0) is 32.1 Å². The van der Waals surface area contributed by atoms with Crippen LogP contribution in [0.5, 0.6) is 0 Å². The number of hydrogen-bond acceptors (Lipinski definition) is 3. The summed E-state index contributed by atoms with van der Waals surface area (Å²) in [7, 11) is 0. The number of thiazole rings is 1. The van der Waals surface area contributed by atoms with E-state index in [0.717, 1.165) is 36.3 Å². The molecule has 1 heterocycles. The molecule has 2 fully saturated rings. The molecule has 28 heavy (non-hydrogen) atoms. The molecule has 0 spiro atoms. The number of carbonyl (C=O) groups excluding carboxylic acids is 1. The zero-order chi connectivity index (χ0) is 18.9. The Hall–Kier alpha value is -0.810. The molecule has 1 N–H and O–H groups in total. The summed E-state index contributed by atoms with van der Waals surface area (Å²) in [6, 6.07) is 0.857. The summed E-state index contributed by atoms with van der Waals surface area (Å²) < 4.78 is 2.31. The second-order valence-corrected chi connectivity index (χ2v) is 9.21. The maximum atomic E-state index is 12.6. The Bertz CT molecular complexity index is 638. The van der Waals surface area contributed by atoms with Gasteiger partial charge in [0.25, 0.3) is 0 Å². The first kappa shape index (κ1) is 23.5. The largest absolute Gasteiger partial charge is 0.353 e. The molecule has 1 amide bonds. The van der Waals surface area contributed by atoms with Crippen molar-refractivity contribution < 1.29 is 4.79 Å². The Balaban J connectivity index is 0.00000280. The minimum absolute atomic E-state index is 0. The van der Waals surface area contributed by atoms with Crippen molar-refractivity contribution in [2.75, 3.05) is 0 Å². The highest BCUT2D eigenvalue weighted by Gasteiger charge is 2.17. The van der Waals surface area contributed by atoms with Crippen molar-refractivity contribution in [3.63, 3.8) is 0 Å². The molecule has 3 rings (SSSR count). The third kappa shape index (κ3) is 7.22. The van der Waals surface area contributed by atoms with Gasteiger partial charge in [-0.3, -0.25) is 9.79 Å². The molecule has 4 nitrogen and oxygen atoms in total. The maximum Gasteiger partial charge on any atom is 0.226 e. The topological polar surface area (TPSA) is 46.4 Å². The van der Waals surface area contributed by atoms with E-state index in [1.54, 1.807) is 11.3 Å². The predicted molar refractivity (Wildman–Crippen MR) is 120 cm³/mol. The highest BCUT2D eigenvalue weighted by atomic mass is 35.5. The van der Waals surface area contributed by atoms with Crippen molar-refractivity contribution >= 4 is 29.7 Å². The van der Waals surface area contributed by atoms with Gasteiger partial charge in [0.15, 0.2) is 4.80 Å². The molecule has 6 heteroatoms. The normalized spacial score (nSPS) is 20.2. The van der Waals surface area contributed by atoms with Crippen LogP contribution >= 0.6 is 23.7 Å². The lowest BCUT2D eigenvalue weighted by atomic mass is 10.1. The van der Waals surface area contributed by atoms with Crippen LogP contribution in [0.1, 0.15) is 96.1 Å². The fourth-order valence-electron chi connectivity index (χ4n) is 4.48. The molecule has 0 bridgehead atoms. The van der Waals surface area contributed by atoms with Crippen molar-refractivity contribution in [1.82, 2.24) is 9.88 Å². The number of rotatable bonds is 6. The minimum atomic E-state index is 0. The van der Waals surface area contributed by atoms with Crippen LogP contribution in [-0.4, -0.2) is 22.6 Å². The summed E-state index contributed by atoms with van der Waals surface area (Å²) in [6.07, 6.45) is 16.8. The number of hydrogen-bond donors (Lipinski definition) is 1. The van der Waals surface area contributed by atoms with Crippen molar-refractivity contribution in [3.05, 3.63) is 15.9 Å². The van der Waals surface area contributed by atoms with Crippen LogP contribution < -0.4 is 10.1 Å². The Morgan fingerprint density at radius 3 is 2.29 bits per heavy atom. The smallest absolute Gasteiger partial charge is 0.226 e. The number of aromatic nitrogens is 1. The Morgan fingerprint density at radius 2 is 1.68 bits per heavy atom. The summed E-state index contributed by atoms with van der Waals surface area (Å²) in [5.74, 6) is 0.186. The lowest BCUT2D eigenvalue weighted by molar-refractivity contribution is -0.121. The molecule has 0 saturated heterocycles. The second kappa shape index (κ2) is 12.7. The van der Waals surface area contributed by atoms with E-state index in [0.29, 0.717) is 18.5 Å². The molecule has 2 saturated carbocycles. The summed E-state index contributed by atoms with van der Waals surface area (Å²) in [5, 5.41) is 5.46. The van der Waals surface area contributed by atoms with E-state index in [1.165, 1.54) is 64.2 Å². The van der Waals surface area contributed by atoms with Crippen molar-refractivity contribution in [2.24, 2.45) is 4.99 Å². The van der Waals surface area contributed by atoms with Gasteiger partial charge in [0.1, 0.15) is 0 Å². The molecule has 2 aliphatic rings. The number of amides is 1. The molecule has 0 radical (unpaired) electrons. The van der Waals surface area contributed by atoms with E-state index >= 15 is 0 Å². The van der Waals surface area contributed by atoms with Crippen LogP contribution in [0, 0.1) is 0 Å². The number of carbonyl (C=O) groups is 1. The highest BCUT2D eigenvalue weighted by Crippen LogP contribution is 2.20. The summed E-state index contributed by atoms with van der Waals surface area (Å²) in [6.45, 7) is 3.16. The molecular formula is C22H38ClN3OS. The van der Waals surface area contributed by atoms with Crippen LogP contribution in [-0.2, 0) is 17.8 Å². The molecule has 0 aromatic carbocycles. The lowest BCUT2D eigenvalue weighted by Gasteiger charge is -2.16. The molecule has 0 atom stereocenters. The monoisotopic (exact) mass is 427 g/mol. The molecule has 0 unspecified atom stereocenters. The van der Waals surface area contributed by atoms with Gasteiger partial charge in [-0.15, -0.1) is 23.7 Å². The fraction of sp³-hybridized carbons (Fsp3) is 0.818. The Labute approximate surface area is 180 Å². The average molecular weight is 428 g/mol. The van der Waals surface area contributed by atoms with E-state index in [4.69, 9.17) is 4.99 Å². The van der Waals surface area contributed by atoms with E-state index in [-0.39, 0.29) is 18.3 Å². The van der Waals surface area contributed by atoms with Crippen LogP contribution in [0.4, 0.5) is 0 Å². The third-order valence-electron chi connectivity index (χ3n) is 6.00. The zero-order valence-corrected chi connectivity index (χ0v) is 19.1. The maximum absolute atomic E-state index is 12.6. The first-order chi connectivity index (χ1) is 13.3. The standard InChI is InChI=1S/C22H37N3OS.ClH/c1-2-15-25-20(16-21(26)23-18-11-7-3-4-8-12-18)17-27-22(25)24-19-13-9-5-6-10-14-19;/h17-19H,2-16H2,1H3,(H,23,26);1H. The first-order valence-corrected chi connectivity index (χ1v) is 12.1. The summed E-state index contributed by atoms with van der Waals surface area (Å²) >= 11 is 1.72. The van der Waals surface area contributed by atoms with Crippen LogP contribution in [0.15, 0.2) is 10.4 Å². The van der Waals surface area contributed by atoms with E-state index < -0.39 is 0 Å². The summed E-state index contributed by atoms with van der Waals surface area (Å²) in [5.41, 5.74) is 1.14. The number of halogens is 1. The van der Waals surface area contributed by atoms with Crippen LogP contribution in [0.3, 0.4) is 0 Å². The first-order valence-electron chi connectivity index (χ1n) is 11.3. The predicted octanol–water partition coefficient (Wildman–Crippen LogP) is 5.39. The van der Waals surface area contributed by atoms with Crippen molar-refractivity contribution in [1.29, 1.82) is 0 Å². The molecule has 1 aromatic heterocycles. The van der Waals surface area contributed by atoms with Crippen molar-refractivity contribution in [3.8, 4) is 0 Å². The number of nitrogens with one attached hydrogen (secondary N) is 1. The fourth-order valence-corrected chi connectivity index (χ4v) is 5.48. The zero-order valence-electron chi connectivity index (χ0n) is 17.5. The van der Waals surface area contributed by atoms with Gasteiger partial charge in [-0.2, -0.15) is 0 Å². The lowest BCUT2D eigenvalue weighted by Crippen LogP contribution is -2.36. The molecule has 2 aliphatic carbocycles. The molecular weight excluding hydrogens is 390 g/mol.